The summed E-state index contributed by atoms with van der Waals surface area (Å²) in [5.74, 6) is -1.21. The number of thiocarbonyl (C=S) groups is 1. The Balaban J connectivity index is 2.79. The van der Waals surface area contributed by atoms with Gasteiger partial charge in [-0.2, -0.15) is 0 Å². The zero-order chi connectivity index (χ0) is 13.2. The molecule has 1 amide bonds. The molecule has 1 rings (SSSR count). The number of carbonyl (C=O) groups excluding carboxylic acids is 1. The first-order valence-corrected chi connectivity index (χ1v) is 5.69. The monoisotopic (exact) mass is 256 g/mol. The number of rotatable bonds is 3. The van der Waals surface area contributed by atoms with Crippen molar-refractivity contribution < 1.29 is 14.7 Å². The van der Waals surface area contributed by atoms with E-state index in [0.29, 0.717) is 5.70 Å². The van der Waals surface area contributed by atoms with Crippen LogP contribution in [0.15, 0.2) is 11.8 Å². The molecule has 1 heterocycles. The van der Waals surface area contributed by atoms with E-state index < -0.39 is 5.97 Å². The van der Waals surface area contributed by atoms with Crippen LogP contribution in [-0.4, -0.2) is 33.5 Å². The molecule has 0 bridgehead atoms. The molecule has 0 aromatic carbocycles. The largest absolute Gasteiger partial charge is 0.481 e. The Kier molecular flexibility index (Phi) is 3.87. The van der Waals surface area contributed by atoms with Gasteiger partial charge in [-0.15, -0.1) is 0 Å². The van der Waals surface area contributed by atoms with Crippen LogP contribution < -0.4 is 5.32 Å². The van der Waals surface area contributed by atoms with Gasteiger partial charge in [0.15, 0.2) is 5.11 Å². The maximum Gasteiger partial charge on any atom is 0.305 e. The normalized spacial score (nSPS) is 18.8. The van der Waals surface area contributed by atoms with Crippen LogP contribution in [0.1, 0.15) is 27.2 Å². The summed E-state index contributed by atoms with van der Waals surface area (Å²) in [5, 5.41) is 11.7. The van der Waals surface area contributed by atoms with Crippen LogP contribution in [0.25, 0.3) is 0 Å². The molecule has 1 fully saturated rings. The summed E-state index contributed by atoms with van der Waals surface area (Å²) >= 11 is 5.00. The number of allylic oxidation sites excluding steroid dienone is 1. The van der Waals surface area contributed by atoms with Crippen molar-refractivity contribution in [2.75, 3.05) is 6.54 Å². The second kappa shape index (κ2) is 4.83. The van der Waals surface area contributed by atoms with Crippen LogP contribution in [0.4, 0.5) is 0 Å². The van der Waals surface area contributed by atoms with Gasteiger partial charge in [0, 0.05) is 6.54 Å². The lowest BCUT2D eigenvalue weighted by Crippen LogP contribution is -2.32. The molecule has 0 saturated carbocycles. The standard InChI is InChI=1S/C11H16N2O3S/c1-11(2,3)6-7-9(16)13(10(17)12-7)5-4-8(14)15/h6H,4-5H2,1-3H3,(H,12,17)(H,14,15)/b7-6-. The lowest BCUT2D eigenvalue weighted by atomic mass is 9.95. The minimum Gasteiger partial charge on any atom is -0.481 e. The molecule has 0 atom stereocenters. The lowest BCUT2D eigenvalue weighted by molar-refractivity contribution is -0.137. The van der Waals surface area contributed by atoms with Crippen LogP contribution >= 0.6 is 12.2 Å². The fourth-order valence-electron chi connectivity index (χ4n) is 1.42. The predicted octanol–water partition coefficient (Wildman–Crippen LogP) is 1.11. The third-order valence-corrected chi connectivity index (χ3v) is 2.41. The van der Waals surface area contributed by atoms with E-state index in [1.807, 2.05) is 20.8 Å². The highest BCUT2D eigenvalue weighted by Gasteiger charge is 2.31. The summed E-state index contributed by atoms with van der Waals surface area (Å²) in [6.45, 7) is 6.01. The molecular formula is C11H16N2O3S. The van der Waals surface area contributed by atoms with E-state index in [2.05, 4.69) is 5.32 Å². The van der Waals surface area contributed by atoms with Crippen molar-refractivity contribution in [1.82, 2.24) is 10.2 Å². The molecule has 1 saturated heterocycles. The van der Waals surface area contributed by atoms with Gasteiger partial charge in [-0.25, -0.2) is 0 Å². The number of amides is 1. The number of hydrogen-bond donors (Lipinski definition) is 2. The van der Waals surface area contributed by atoms with E-state index in [1.165, 1.54) is 4.90 Å². The van der Waals surface area contributed by atoms with E-state index in [9.17, 15) is 9.59 Å². The molecule has 0 unspecified atom stereocenters. The van der Waals surface area contributed by atoms with Crippen molar-refractivity contribution in [1.29, 1.82) is 0 Å². The average molecular weight is 256 g/mol. The minimum absolute atomic E-state index is 0.0987. The smallest absolute Gasteiger partial charge is 0.305 e. The number of nitrogens with one attached hydrogen (secondary N) is 1. The fraction of sp³-hybridized carbons (Fsp3) is 0.545. The number of carboxylic acid groups (broad SMARTS) is 1. The van der Waals surface area contributed by atoms with Gasteiger partial charge in [0.05, 0.1) is 6.42 Å². The summed E-state index contributed by atoms with van der Waals surface area (Å²) in [7, 11) is 0. The van der Waals surface area contributed by atoms with Gasteiger partial charge in [0.2, 0.25) is 0 Å². The molecule has 6 heteroatoms. The molecule has 0 aromatic heterocycles. The van der Waals surface area contributed by atoms with Gasteiger partial charge in [-0.05, 0) is 23.7 Å². The third kappa shape index (κ3) is 3.81. The summed E-state index contributed by atoms with van der Waals surface area (Å²) in [4.78, 5) is 23.7. The third-order valence-electron chi connectivity index (χ3n) is 2.09. The molecular weight excluding hydrogens is 240 g/mol. The second-order valence-corrected chi connectivity index (χ2v) is 5.34. The molecule has 0 aliphatic carbocycles. The van der Waals surface area contributed by atoms with Crippen LogP contribution in [0, 0.1) is 5.41 Å². The van der Waals surface area contributed by atoms with Crippen molar-refractivity contribution in [2.45, 2.75) is 27.2 Å². The summed E-state index contributed by atoms with van der Waals surface area (Å²) in [5.41, 5.74) is 0.282. The van der Waals surface area contributed by atoms with Gasteiger partial charge < -0.3 is 10.4 Å². The van der Waals surface area contributed by atoms with E-state index in [1.54, 1.807) is 6.08 Å². The molecule has 5 nitrogen and oxygen atoms in total. The maximum atomic E-state index is 11.9. The number of aliphatic carboxylic acids is 1. The summed E-state index contributed by atoms with van der Waals surface area (Å²) in [6.07, 6.45) is 1.68. The fourth-order valence-corrected chi connectivity index (χ4v) is 1.70. The van der Waals surface area contributed by atoms with Crippen LogP contribution in [0.3, 0.4) is 0 Å². The molecule has 0 radical (unpaired) electrons. The topological polar surface area (TPSA) is 69.6 Å². The van der Waals surface area contributed by atoms with E-state index in [-0.39, 0.29) is 29.4 Å². The molecule has 94 valence electrons. The van der Waals surface area contributed by atoms with Gasteiger partial charge in [0.25, 0.3) is 5.91 Å². The van der Waals surface area contributed by atoms with Gasteiger partial charge >= 0.3 is 5.97 Å². The highest BCUT2D eigenvalue weighted by atomic mass is 32.1. The molecule has 1 aliphatic rings. The Hall–Kier alpha value is -1.43. The maximum absolute atomic E-state index is 11.9. The Morgan fingerprint density at radius 3 is 2.59 bits per heavy atom. The van der Waals surface area contributed by atoms with E-state index in [0.717, 1.165) is 0 Å². The summed E-state index contributed by atoms with van der Waals surface area (Å²) < 4.78 is 0. The molecule has 0 spiro atoms. The first kappa shape index (κ1) is 13.6. The summed E-state index contributed by atoms with van der Waals surface area (Å²) in [6, 6.07) is 0. The SMILES string of the molecule is CC(C)(C)/C=C1\NC(=S)N(CCC(=O)O)C1=O. The first-order valence-electron chi connectivity index (χ1n) is 5.28. The van der Waals surface area contributed by atoms with Gasteiger partial charge in [-0.1, -0.05) is 20.8 Å². The zero-order valence-corrected chi connectivity index (χ0v) is 10.9. The Labute approximate surface area is 105 Å². The van der Waals surface area contributed by atoms with Crippen molar-refractivity contribution in [2.24, 2.45) is 5.41 Å². The van der Waals surface area contributed by atoms with Crippen LogP contribution in [0.2, 0.25) is 0 Å². The van der Waals surface area contributed by atoms with Crippen molar-refractivity contribution in [3.63, 3.8) is 0 Å². The quantitative estimate of drug-likeness (QED) is 0.584. The number of nitrogens with zero attached hydrogens (tertiary/aromatic N) is 1. The van der Waals surface area contributed by atoms with E-state index in [4.69, 9.17) is 17.3 Å². The number of hydrogen-bond acceptors (Lipinski definition) is 3. The van der Waals surface area contributed by atoms with Crippen LogP contribution in [-0.2, 0) is 9.59 Å². The highest BCUT2D eigenvalue weighted by Crippen LogP contribution is 2.20. The van der Waals surface area contributed by atoms with Crippen LogP contribution in [0.5, 0.6) is 0 Å². The molecule has 17 heavy (non-hydrogen) atoms. The van der Waals surface area contributed by atoms with Crippen molar-refractivity contribution in [3.05, 3.63) is 11.8 Å². The first-order chi connectivity index (χ1) is 7.70. The molecule has 2 N–H and O–H groups in total. The minimum atomic E-state index is -0.950. The number of carboxylic acids is 1. The molecule has 0 aromatic rings. The Bertz CT molecular complexity index is 396. The predicted molar refractivity (Wildman–Crippen MR) is 67.2 cm³/mol. The Morgan fingerprint density at radius 2 is 2.12 bits per heavy atom. The van der Waals surface area contributed by atoms with Crippen molar-refractivity contribution in [3.8, 4) is 0 Å². The van der Waals surface area contributed by atoms with Crippen molar-refractivity contribution >= 4 is 29.2 Å². The second-order valence-electron chi connectivity index (χ2n) is 4.95. The van der Waals surface area contributed by atoms with Gasteiger partial charge in [0.1, 0.15) is 5.70 Å². The highest BCUT2D eigenvalue weighted by molar-refractivity contribution is 7.80. The Morgan fingerprint density at radius 1 is 1.53 bits per heavy atom. The zero-order valence-electron chi connectivity index (χ0n) is 10.1. The lowest BCUT2D eigenvalue weighted by Gasteiger charge is -2.13. The average Bonchev–Trinajstić information content (AvgIpc) is 2.37. The number of carbonyl (C=O) groups is 2. The molecule has 1 aliphatic heterocycles. The van der Waals surface area contributed by atoms with E-state index >= 15 is 0 Å². The van der Waals surface area contributed by atoms with Gasteiger partial charge in [-0.3, -0.25) is 14.5 Å².